The third-order valence-corrected chi connectivity index (χ3v) is 6.48. The summed E-state index contributed by atoms with van der Waals surface area (Å²) in [7, 11) is 1.36. The standard InChI is InChI=1S/C20H19ClF3N3O3/c1-30-18(29)19-7-3-5-13(19)10-26(11-19)15-9-25-27(17(28)16(15)21)14-6-2-4-12(8-14)20(22,23)24/h2,4,6,8-9,13H,3,5,7,10-11H2,1H3. The number of hydrogen-bond donors (Lipinski definition) is 0. The highest BCUT2D eigenvalue weighted by Gasteiger charge is 2.55. The largest absolute Gasteiger partial charge is 0.469 e. The maximum absolute atomic E-state index is 13.0. The molecule has 1 saturated carbocycles. The Labute approximate surface area is 175 Å². The van der Waals surface area contributed by atoms with Crippen molar-refractivity contribution in [3.63, 3.8) is 0 Å². The predicted molar refractivity (Wildman–Crippen MR) is 104 cm³/mol. The Morgan fingerprint density at radius 2 is 2.13 bits per heavy atom. The van der Waals surface area contributed by atoms with Gasteiger partial charge in [-0.2, -0.15) is 23.0 Å². The van der Waals surface area contributed by atoms with Crippen LogP contribution in [-0.4, -0.2) is 35.9 Å². The Hall–Kier alpha value is -2.55. The molecule has 2 unspecified atom stereocenters. The maximum atomic E-state index is 13.0. The predicted octanol–water partition coefficient (Wildman–Crippen LogP) is 3.68. The molecule has 0 spiro atoms. The number of carbonyl (C=O) groups is 1. The van der Waals surface area contributed by atoms with Crippen LogP contribution in [0.1, 0.15) is 24.8 Å². The summed E-state index contributed by atoms with van der Waals surface area (Å²) in [5.41, 5.74) is -1.91. The fourth-order valence-corrected chi connectivity index (χ4v) is 4.90. The number of carbonyl (C=O) groups excluding carboxylic acids is 1. The van der Waals surface area contributed by atoms with Crippen LogP contribution in [0.3, 0.4) is 0 Å². The van der Waals surface area contributed by atoms with Crippen molar-refractivity contribution in [2.75, 3.05) is 25.1 Å². The highest BCUT2D eigenvalue weighted by atomic mass is 35.5. The van der Waals surface area contributed by atoms with Crippen molar-refractivity contribution in [1.29, 1.82) is 0 Å². The van der Waals surface area contributed by atoms with E-state index in [0.29, 0.717) is 25.2 Å². The number of nitrogens with zero attached hydrogens (tertiary/aromatic N) is 3. The number of fused-ring (bicyclic) bond motifs is 1. The number of anilines is 1. The zero-order valence-corrected chi connectivity index (χ0v) is 16.8. The molecule has 0 bridgehead atoms. The molecular formula is C20H19ClF3N3O3. The van der Waals surface area contributed by atoms with Crippen molar-refractivity contribution in [1.82, 2.24) is 9.78 Å². The van der Waals surface area contributed by atoms with E-state index in [0.717, 1.165) is 29.7 Å². The molecule has 2 atom stereocenters. The lowest BCUT2D eigenvalue weighted by Gasteiger charge is -2.26. The van der Waals surface area contributed by atoms with Gasteiger partial charge in [0.05, 0.1) is 35.7 Å². The van der Waals surface area contributed by atoms with E-state index in [9.17, 15) is 22.8 Å². The van der Waals surface area contributed by atoms with Crippen molar-refractivity contribution in [3.8, 4) is 5.69 Å². The van der Waals surface area contributed by atoms with Gasteiger partial charge in [0.2, 0.25) is 0 Å². The van der Waals surface area contributed by atoms with Gasteiger partial charge in [-0.15, -0.1) is 0 Å². The fourth-order valence-electron chi connectivity index (χ4n) is 4.65. The number of ether oxygens (including phenoxy) is 1. The van der Waals surface area contributed by atoms with Gasteiger partial charge in [0.15, 0.2) is 0 Å². The lowest BCUT2D eigenvalue weighted by Crippen LogP contribution is -2.37. The van der Waals surface area contributed by atoms with Crippen LogP contribution < -0.4 is 10.5 Å². The van der Waals surface area contributed by atoms with E-state index in [1.165, 1.54) is 25.4 Å². The number of aromatic nitrogens is 2. The van der Waals surface area contributed by atoms with Crippen molar-refractivity contribution in [3.05, 3.63) is 51.4 Å². The Balaban J connectivity index is 1.68. The SMILES string of the molecule is COC(=O)C12CCCC1CN(c1cnn(-c3cccc(C(F)(F)F)c3)c(=O)c1Cl)C2. The highest BCUT2D eigenvalue weighted by Crippen LogP contribution is 2.50. The Bertz CT molecular complexity index is 1060. The summed E-state index contributed by atoms with van der Waals surface area (Å²) in [6.07, 6.45) is -0.684. The molecule has 1 aliphatic carbocycles. The minimum absolute atomic E-state index is 0.0346. The molecule has 10 heteroatoms. The van der Waals surface area contributed by atoms with Gasteiger partial charge < -0.3 is 9.64 Å². The molecule has 4 rings (SSSR count). The van der Waals surface area contributed by atoms with Crippen LogP contribution in [0, 0.1) is 11.3 Å². The lowest BCUT2D eigenvalue weighted by atomic mass is 9.81. The molecule has 1 aliphatic heterocycles. The number of benzene rings is 1. The molecule has 30 heavy (non-hydrogen) atoms. The fraction of sp³-hybridized carbons (Fsp3) is 0.450. The summed E-state index contributed by atoms with van der Waals surface area (Å²) >= 11 is 6.32. The van der Waals surface area contributed by atoms with Gasteiger partial charge in [-0.1, -0.05) is 24.1 Å². The van der Waals surface area contributed by atoms with E-state index in [1.807, 2.05) is 4.90 Å². The van der Waals surface area contributed by atoms with Gasteiger partial charge in [0.1, 0.15) is 5.02 Å². The van der Waals surface area contributed by atoms with Crippen molar-refractivity contribution < 1.29 is 22.7 Å². The van der Waals surface area contributed by atoms with Gasteiger partial charge in [-0.25, -0.2) is 0 Å². The van der Waals surface area contributed by atoms with Crippen molar-refractivity contribution in [2.45, 2.75) is 25.4 Å². The second-order valence-electron chi connectivity index (χ2n) is 7.73. The summed E-state index contributed by atoms with van der Waals surface area (Å²) in [5, 5.41) is 3.90. The molecule has 2 aliphatic rings. The zero-order chi connectivity index (χ0) is 21.7. The lowest BCUT2D eigenvalue weighted by molar-refractivity contribution is -0.152. The maximum Gasteiger partial charge on any atom is 0.416 e. The van der Waals surface area contributed by atoms with Crippen LogP contribution in [0.15, 0.2) is 35.3 Å². The molecule has 160 valence electrons. The summed E-state index contributed by atoms with van der Waals surface area (Å²) in [6, 6.07) is 4.32. The molecule has 1 aromatic heterocycles. The smallest absolute Gasteiger partial charge is 0.416 e. The third kappa shape index (κ3) is 3.25. The molecule has 0 N–H and O–H groups in total. The normalized spacial score (nSPS) is 23.5. The van der Waals surface area contributed by atoms with Crippen LogP contribution in [0.25, 0.3) is 5.69 Å². The molecule has 1 saturated heterocycles. The second-order valence-corrected chi connectivity index (χ2v) is 8.10. The van der Waals surface area contributed by atoms with Crippen LogP contribution in [0.4, 0.5) is 18.9 Å². The molecule has 1 aromatic carbocycles. The number of halogens is 4. The molecule has 2 fully saturated rings. The van der Waals surface area contributed by atoms with E-state index in [1.54, 1.807) is 0 Å². The van der Waals surface area contributed by atoms with Gasteiger partial charge >= 0.3 is 12.1 Å². The first-order chi connectivity index (χ1) is 14.2. The Morgan fingerprint density at radius 1 is 1.37 bits per heavy atom. The first-order valence-corrected chi connectivity index (χ1v) is 9.84. The van der Waals surface area contributed by atoms with Gasteiger partial charge in [0, 0.05) is 13.1 Å². The van der Waals surface area contributed by atoms with Crippen LogP contribution >= 0.6 is 11.6 Å². The number of hydrogen-bond acceptors (Lipinski definition) is 5. The number of esters is 1. The second kappa shape index (κ2) is 7.30. The van der Waals surface area contributed by atoms with Crippen LogP contribution in [0.2, 0.25) is 5.02 Å². The summed E-state index contributed by atoms with van der Waals surface area (Å²) < 4.78 is 44.9. The van der Waals surface area contributed by atoms with E-state index < -0.39 is 22.7 Å². The molecule has 0 radical (unpaired) electrons. The number of alkyl halides is 3. The minimum Gasteiger partial charge on any atom is -0.469 e. The molecule has 0 amide bonds. The highest BCUT2D eigenvalue weighted by molar-refractivity contribution is 6.33. The average molecular weight is 442 g/mol. The van der Waals surface area contributed by atoms with Crippen molar-refractivity contribution in [2.24, 2.45) is 11.3 Å². The molecule has 2 heterocycles. The first kappa shape index (κ1) is 20.7. The van der Waals surface area contributed by atoms with E-state index in [2.05, 4.69) is 5.10 Å². The van der Waals surface area contributed by atoms with Gasteiger partial charge in [0.25, 0.3) is 5.56 Å². The first-order valence-electron chi connectivity index (χ1n) is 9.46. The topological polar surface area (TPSA) is 64.4 Å². The quantitative estimate of drug-likeness (QED) is 0.680. The van der Waals surface area contributed by atoms with E-state index in [4.69, 9.17) is 16.3 Å². The molecular weight excluding hydrogens is 423 g/mol. The van der Waals surface area contributed by atoms with E-state index in [-0.39, 0.29) is 22.6 Å². The van der Waals surface area contributed by atoms with Crippen molar-refractivity contribution >= 4 is 23.3 Å². The minimum atomic E-state index is -4.54. The summed E-state index contributed by atoms with van der Waals surface area (Å²) in [5.74, 6) is -0.180. The van der Waals surface area contributed by atoms with Gasteiger partial charge in [-0.3, -0.25) is 9.59 Å². The molecule has 6 nitrogen and oxygen atoms in total. The van der Waals surface area contributed by atoms with Crippen LogP contribution in [-0.2, 0) is 15.7 Å². The Morgan fingerprint density at radius 3 is 2.83 bits per heavy atom. The molecule has 2 aromatic rings. The average Bonchev–Trinajstić information content (AvgIpc) is 3.27. The monoisotopic (exact) mass is 441 g/mol. The third-order valence-electron chi connectivity index (χ3n) is 6.12. The van der Waals surface area contributed by atoms with Gasteiger partial charge in [-0.05, 0) is 37.0 Å². The van der Waals surface area contributed by atoms with E-state index >= 15 is 0 Å². The summed E-state index contributed by atoms with van der Waals surface area (Å²) in [6.45, 7) is 0.891. The number of rotatable bonds is 3. The zero-order valence-electron chi connectivity index (χ0n) is 16.1. The number of methoxy groups -OCH3 is 1. The Kier molecular flexibility index (Phi) is 5.04. The summed E-state index contributed by atoms with van der Waals surface area (Å²) in [4.78, 5) is 27.1. The van der Waals surface area contributed by atoms with Crippen LogP contribution in [0.5, 0.6) is 0 Å².